The van der Waals surface area contributed by atoms with Crippen molar-refractivity contribution in [2.45, 2.75) is 25.4 Å². The molecule has 100 valence electrons. The van der Waals surface area contributed by atoms with E-state index in [1.165, 1.54) is 0 Å². The lowest BCUT2D eigenvalue weighted by atomic mass is 10.1. The molecule has 0 bridgehead atoms. The molecule has 0 aliphatic carbocycles. The number of hydrogen-bond acceptors (Lipinski definition) is 3. The van der Waals surface area contributed by atoms with Gasteiger partial charge in [0.15, 0.2) is 0 Å². The lowest BCUT2D eigenvalue weighted by molar-refractivity contribution is 0.154. The molecule has 0 spiro atoms. The maximum absolute atomic E-state index is 9.40. The smallest absolute Gasteiger partial charge is 0.0747 e. The number of rotatable bonds is 3. The predicted octanol–water partition coefficient (Wildman–Crippen LogP) is 2.84. The van der Waals surface area contributed by atoms with Gasteiger partial charge in [-0.1, -0.05) is 17.7 Å². The third-order valence-electron chi connectivity index (χ3n) is 3.83. The number of hydrogen-bond donors (Lipinski definition) is 1. The highest BCUT2D eigenvalue weighted by Gasteiger charge is 2.24. The Morgan fingerprint density at radius 1 is 1.42 bits per heavy atom. The Balaban J connectivity index is 1.96. The molecule has 1 aromatic heterocycles. The van der Waals surface area contributed by atoms with E-state index in [0.717, 1.165) is 47.4 Å². The highest BCUT2D eigenvalue weighted by Crippen LogP contribution is 2.26. The zero-order valence-corrected chi connectivity index (χ0v) is 11.5. The topological polar surface area (TPSA) is 36.4 Å². The lowest BCUT2D eigenvalue weighted by Gasteiger charge is -2.23. The van der Waals surface area contributed by atoms with Crippen LogP contribution in [0.25, 0.3) is 10.9 Å². The van der Waals surface area contributed by atoms with Gasteiger partial charge in [-0.2, -0.15) is 0 Å². The van der Waals surface area contributed by atoms with Gasteiger partial charge in [0.2, 0.25) is 0 Å². The van der Waals surface area contributed by atoms with Gasteiger partial charge < -0.3 is 5.11 Å². The molecule has 19 heavy (non-hydrogen) atoms. The number of pyridine rings is 1. The molecule has 1 aliphatic rings. The van der Waals surface area contributed by atoms with E-state index in [0.29, 0.717) is 0 Å². The number of benzene rings is 1. The van der Waals surface area contributed by atoms with E-state index < -0.39 is 0 Å². The normalized spacial score (nSPS) is 20.2. The Morgan fingerprint density at radius 2 is 2.32 bits per heavy atom. The number of likely N-dealkylation sites (tertiary alicyclic amines) is 1. The first-order valence-electron chi connectivity index (χ1n) is 6.66. The molecule has 1 saturated heterocycles. The predicted molar refractivity (Wildman–Crippen MR) is 77.3 cm³/mol. The van der Waals surface area contributed by atoms with Crippen LogP contribution in [0.15, 0.2) is 30.5 Å². The van der Waals surface area contributed by atoms with Gasteiger partial charge in [-0.3, -0.25) is 9.88 Å². The number of aliphatic hydroxyl groups is 1. The van der Waals surface area contributed by atoms with Crippen molar-refractivity contribution in [3.8, 4) is 0 Å². The minimum absolute atomic E-state index is 0.228. The molecule has 0 radical (unpaired) electrons. The van der Waals surface area contributed by atoms with Gasteiger partial charge in [0.25, 0.3) is 0 Å². The Kier molecular flexibility index (Phi) is 3.69. The number of halogens is 1. The zero-order chi connectivity index (χ0) is 13.2. The largest absolute Gasteiger partial charge is 0.395 e. The number of aromatic nitrogens is 1. The summed E-state index contributed by atoms with van der Waals surface area (Å²) in [6, 6.07) is 8.17. The molecular weight excluding hydrogens is 260 g/mol. The van der Waals surface area contributed by atoms with Crippen LogP contribution in [0.3, 0.4) is 0 Å². The summed E-state index contributed by atoms with van der Waals surface area (Å²) in [6.45, 7) is 2.07. The van der Waals surface area contributed by atoms with Crippen molar-refractivity contribution in [2.75, 3.05) is 13.2 Å². The van der Waals surface area contributed by atoms with Crippen LogP contribution < -0.4 is 0 Å². The molecule has 1 N–H and O–H groups in total. The molecule has 2 aromatic rings. The minimum Gasteiger partial charge on any atom is -0.395 e. The van der Waals surface area contributed by atoms with E-state index in [4.69, 9.17) is 11.6 Å². The Bertz CT molecular complexity index is 587. The van der Waals surface area contributed by atoms with E-state index in [-0.39, 0.29) is 12.6 Å². The maximum atomic E-state index is 9.40. The SMILES string of the molecule is OC[C@@H]1CCCN1Cc1cc(Cl)cc2cccnc12. The number of nitrogens with zero attached hydrogens (tertiary/aromatic N) is 2. The fourth-order valence-corrected chi connectivity index (χ4v) is 3.13. The van der Waals surface area contributed by atoms with Gasteiger partial charge in [0.05, 0.1) is 12.1 Å². The average molecular weight is 277 g/mol. The average Bonchev–Trinajstić information content (AvgIpc) is 2.86. The van der Waals surface area contributed by atoms with Gasteiger partial charge in [0.1, 0.15) is 0 Å². The van der Waals surface area contributed by atoms with Crippen molar-refractivity contribution in [1.82, 2.24) is 9.88 Å². The summed E-state index contributed by atoms with van der Waals surface area (Å²) < 4.78 is 0. The van der Waals surface area contributed by atoms with Gasteiger partial charge in [-0.05, 0) is 43.1 Å². The quantitative estimate of drug-likeness (QED) is 0.936. The van der Waals surface area contributed by atoms with Crippen LogP contribution in [0.4, 0.5) is 0 Å². The molecular formula is C15H17ClN2O. The first-order chi connectivity index (χ1) is 9.28. The van der Waals surface area contributed by atoms with Crippen molar-refractivity contribution >= 4 is 22.5 Å². The van der Waals surface area contributed by atoms with E-state index in [9.17, 15) is 5.11 Å². The second-order valence-corrected chi connectivity index (χ2v) is 5.53. The van der Waals surface area contributed by atoms with E-state index >= 15 is 0 Å². The molecule has 4 heteroatoms. The van der Waals surface area contributed by atoms with Crippen molar-refractivity contribution in [1.29, 1.82) is 0 Å². The first kappa shape index (κ1) is 12.9. The zero-order valence-electron chi connectivity index (χ0n) is 10.7. The van der Waals surface area contributed by atoms with Crippen LogP contribution in [0.5, 0.6) is 0 Å². The summed E-state index contributed by atoms with van der Waals surface area (Å²) in [5.41, 5.74) is 2.15. The van der Waals surface area contributed by atoms with Crippen LogP contribution in [-0.4, -0.2) is 34.2 Å². The molecule has 0 unspecified atom stereocenters. The molecule has 3 nitrogen and oxygen atoms in total. The molecule has 2 heterocycles. The van der Waals surface area contributed by atoms with Crippen molar-refractivity contribution < 1.29 is 5.11 Å². The second kappa shape index (κ2) is 5.45. The summed E-state index contributed by atoms with van der Waals surface area (Å²) in [5.74, 6) is 0. The molecule has 1 aromatic carbocycles. The Hall–Kier alpha value is -1.16. The van der Waals surface area contributed by atoms with Crippen LogP contribution >= 0.6 is 11.6 Å². The summed E-state index contributed by atoms with van der Waals surface area (Å²) in [4.78, 5) is 6.79. The number of aliphatic hydroxyl groups excluding tert-OH is 1. The summed E-state index contributed by atoms with van der Waals surface area (Å²) in [7, 11) is 0. The van der Waals surface area contributed by atoms with Gasteiger partial charge >= 0.3 is 0 Å². The van der Waals surface area contributed by atoms with E-state index in [2.05, 4.69) is 9.88 Å². The van der Waals surface area contributed by atoms with Gasteiger partial charge in [-0.15, -0.1) is 0 Å². The van der Waals surface area contributed by atoms with Crippen molar-refractivity contribution in [3.63, 3.8) is 0 Å². The molecule has 0 saturated carbocycles. The third kappa shape index (κ3) is 2.59. The molecule has 1 atom stereocenters. The number of fused-ring (bicyclic) bond motifs is 1. The van der Waals surface area contributed by atoms with Crippen molar-refractivity contribution in [3.05, 3.63) is 41.0 Å². The minimum atomic E-state index is 0.228. The molecule has 3 rings (SSSR count). The summed E-state index contributed by atoms with van der Waals surface area (Å²) in [5, 5.41) is 11.2. The standard InChI is InChI=1S/C15H17ClN2O/c16-13-7-11-3-1-5-17-15(11)12(8-13)9-18-6-2-4-14(18)10-19/h1,3,5,7-8,14,19H,2,4,6,9-10H2/t14-/m0/s1. The second-order valence-electron chi connectivity index (χ2n) is 5.09. The van der Waals surface area contributed by atoms with Crippen LogP contribution in [0.1, 0.15) is 18.4 Å². The summed E-state index contributed by atoms with van der Waals surface area (Å²) >= 11 is 6.18. The fraction of sp³-hybridized carbons (Fsp3) is 0.400. The Morgan fingerprint density at radius 3 is 3.16 bits per heavy atom. The highest BCUT2D eigenvalue weighted by molar-refractivity contribution is 6.31. The first-order valence-corrected chi connectivity index (χ1v) is 7.04. The maximum Gasteiger partial charge on any atom is 0.0747 e. The molecule has 0 amide bonds. The fourth-order valence-electron chi connectivity index (χ4n) is 2.88. The van der Waals surface area contributed by atoms with E-state index in [1.54, 1.807) is 0 Å². The van der Waals surface area contributed by atoms with E-state index in [1.807, 2.05) is 30.5 Å². The molecule has 1 fully saturated rings. The monoisotopic (exact) mass is 276 g/mol. The van der Waals surface area contributed by atoms with Gasteiger partial charge in [-0.25, -0.2) is 0 Å². The third-order valence-corrected chi connectivity index (χ3v) is 4.05. The van der Waals surface area contributed by atoms with Crippen LogP contribution in [0, 0.1) is 0 Å². The van der Waals surface area contributed by atoms with Crippen LogP contribution in [0.2, 0.25) is 5.02 Å². The Labute approximate surface area is 117 Å². The van der Waals surface area contributed by atoms with Crippen molar-refractivity contribution in [2.24, 2.45) is 0 Å². The van der Waals surface area contributed by atoms with Crippen LogP contribution in [-0.2, 0) is 6.54 Å². The highest BCUT2D eigenvalue weighted by atomic mass is 35.5. The summed E-state index contributed by atoms with van der Waals surface area (Å²) in [6.07, 6.45) is 4.03. The molecule has 1 aliphatic heterocycles. The van der Waals surface area contributed by atoms with Gasteiger partial charge in [0, 0.05) is 29.2 Å². The lowest BCUT2D eigenvalue weighted by Crippen LogP contribution is -2.31.